The van der Waals surface area contributed by atoms with Gasteiger partial charge in [0.05, 0.1) is 12.0 Å². The minimum atomic E-state index is 0.673. The number of nitrogens with zero attached hydrogens (tertiary/aromatic N) is 2. The molecule has 3 aromatic rings. The first-order valence-corrected chi connectivity index (χ1v) is 8.70. The average Bonchev–Trinajstić information content (AvgIpc) is 2.84. The number of hydrogen-bond donors (Lipinski definition) is 1. The lowest BCUT2D eigenvalue weighted by Crippen LogP contribution is -2.00. The number of thiophene rings is 1. The summed E-state index contributed by atoms with van der Waals surface area (Å²) < 4.78 is 5.49. The van der Waals surface area contributed by atoms with Gasteiger partial charge >= 0.3 is 0 Å². The van der Waals surface area contributed by atoms with Crippen molar-refractivity contribution in [3.63, 3.8) is 0 Å². The Labute approximate surface area is 140 Å². The van der Waals surface area contributed by atoms with E-state index in [1.54, 1.807) is 11.3 Å². The molecule has 4 nitrogen and oxygen atoms in total. The van der Waals surface area contributed by atoms with Crippen molar-refractivity contribution in [3.8, 4) is 5.75 Å². The minimum Gasteiger partial charge on any atom is -0.494 e. The highest BCUT2D eigenvalue weighted by Crippen LogP contribution is 2.34. The van der Waals surface area contributed by atoms with Gasteiger partial charge in [0.2, 0.25) is 0 Å². The van der Waals surface area contributed by atoms with Gasteiger partial charge in [-0.05, 0) is 50.6 Å². The van der Waals surface area contributed by atoms with Gasteiger partial charge in [-0.1, -0.05) is 6.92 Å². The molecule has 3 rings (SSSR count). The van der Waals surface area contributed by atoms with Crippen LogP contribution < -0.4 is 10.1 Å². The second-order valence-electron chi connectivity index (χ2n) is 5.39. The predicted octanol–water partition coefficient (Wildman–Crippen LogP) is 5.01. The number of aryl methyl sites for hydroxylation is 3. The third kappa shape index (κ3) is 3.15. The number of aromatic nitrogens is 2. The highest BCUT2D eigenvalue weighted by Gasteiger charge is 2.14. The largest absolute Gasteiger partial charge is 0.494 e. The molecule has 1 N–H and O–H groups in total. The summed E-state index contributed by atoms with van der Waals surface area (Å²) in [6, 6.07) is 7.96. The Morgan fingerprint density at radius 2 is 1.83 bits per heavy atom. The summed E-state index contributed by atoms with van der Waals surface area (Å²) in [6.45, 7) is 9.00. The molecular formula is C18H21N3OS. The number of rotatable bonds is 5. The van der Waals surface area contributed by atoms with Crippen LogP contribution in [0.1, 0.15) is 30.1 Å². The Bertz CT molecular complexity index is 824. The van der Waals surface area contributed by atoms with Gasteiger partial charge in [-0.15, -0.1) is 11.3 Å². The molecular weight excluding hydrogens is 306 g/mol. The number of benzene rings is 1. The maximum atomic E-state index is 5.49. The summed E-state index contributed by atoms with van der Waals surface area (Å²) >= 11 is 1.73. The molecule has 120 valence electrons. The molecule has 0 unspecified atom stereocenters. The molecule has 2 heterocycles. The SMILES string of the molecule is CCOc1ccc(Nc2nc(CC)nc3sc(C)c(C)c23)cc1. The fraction of sp³-hybridized carbons (Fsp3) is 0.333. The number of hydrogen-bond acceptors (Lipinski definition) is 5. The Morgan fingerprint density at radius 3 is 2.48 bits per heavy atom. The van der Waals surface area contributed by atoms with Crippen molar-refractivity contribution >= 4 is 33.1 Å². The van der Waals surface area contributed by atoms with Crippen molar-refractivity contribution in [2.75, 3.05) is 11.9 Å². The zero-order valence-electron chi connectivity index (χ0n) is 13.9. The van der Waals surface area contributed by atoms with Gasteiger partial charge in [-0.2, -0.15) is 0 Å². The Morgan fingerprint density at radius 1 is 1.09 bits per heavy atom. The first-order valence-electron chi connectivity index (χ1n) is 7.88. The molecule has 2 aromatic heterocycles. The van der Waals surface area contributed by atoms with Gasteiger partial charge in [-0.3, -0.25) is 0 Å². The molecule has 0 saturated heterocycles. The standard InChI is InChI=1S/C18H21N3OS/c1-5-15-20-17(16-11(3)12(4)23-18(16)21-15)19-13-7-9-14(10-8-13)22-6-2/h7-10H,5-6H2,1-4H3,(H,19,20,21). The molecule has 0 radical (unpaired) electrons. The summed E-state index contributed by atoms with van der Waals surface area (Å²) in [5.74, 6) is 2.63. The molecule has 0 aliphatic heterocycles. The van der Waals surface area contributed by atoms with Gasteiger partial charge in [0, 0.05) is 17.0 Å². The van der Waals surface area contributed by atoms with Crippen LogP contribution in [0.4, 0.5) is 11.5 Å². The van der Waals surface area contributed by atoms with Crippen LogP contribution in [0, 0.1) is 13.8 Å². The van der Waals surface area contributed by atoms with Crippen LogP contribution in [-0.4, -0.2) is 16.6 Å². The van der Waals surface area contributed by atoms with Crippen LogP contribution in [0.25, 0.3) is 10.2 Å². The molecule has 0 spiro atoms. The third-order valence-electron chi connectivity index (χ3n) is 3.82. The van der Waals surface area contributed by atoms with Crippen molar-refractivity contribution < 1.29 is 4.74 Å². The maximum Gasteiger partial charge on any atom is 0.143 e. The van der Waals surface area contributed by atoms with Crippen LogP contribution >= 0.6 is 11.3 Å². The van der Waals surface area contributed by atoms with Crippen LogP contribution in [0.3, 0.4) is 0 Å². The van der Waals surface area contributed by atoms with Gasteiger partial charge in [0.15, 0.2) is 0 Å². The molecule has 0 bridgehead atoms. The number of anilines is 2. The van der Waals surface area contributed by atoms with Crippen molar-refractivity contribution in [1.82, 2.24) is 9.97 Å². The van der Waals surface area contributed by atoms with E-state index in [0.29, 0.717) is 6.61 Å². The summed E-state index contributed by atoms with van der Waals surface area (Å²) in [7, 11) is 0. The van der Waals surface area contributed by atoms with Crippen molar-refractivity contribution in [3.05, 3.63) is 40.5 Å². The molecule has 5 heteroatoms. The van der Waals surface area contributed by atoms with E-state index >= 15 is 0 Å². The maximum absolute atomic E-state index is 5.49. The van der Waals surface area contributed by atoms with Gasteiger partial charge in [0.25, 0.3) is 0 Å². The topological polar surface area (TPSA) is 47.0 Å². The first kappa shape index (κ1) is 15.7. The summed E-state index contributed by atoms with van der Waals surface area (Å²) in [4.78, 5) is 11.7. The normalized spacial score (nSPS) is 11.0. The van der Waals surface area contributed by atoms with Crippen LogP contribution in [0.5, 0.6) is 5.75 Å². The van der Waals surface area contributed by atoms with Gasteiger partial charge < -0.3 is 10.1 Å². The number of fused-ring (bicyclic) bond motifs is 1. The highest BCUT2D eigenvalue weighted by molar-refractivity contribution is 7.18. The quantitative estimate of drug-likeness (QED) is 0.715. The Kier molecular flexibility index (Phi) is 4.48. The summed E-state index contributed by atoms with van der Waals surface area (Å²) in [5, 5.41) is 4.57. The second-order valence-corrected chi connectivity index (χ2v) is 6.59. The Hall–Kier alpha value is -2.14. The van der Waals surface area contributed by atoms with E-state index in [1.165, 1.54) is 10.4 Å². The van der Waals surface area contributed by atoms with Crippen LogP contribution in [-0.2, 0) is 6.42 Å². The second kappa shape index (κ2) is 6.54. The molecule has 0 aliphatic carbocycles. The van der Waals surface area contributed by atoms with E-state index in [4.69, 9.17) is 9.72 Å². The third-order valence-corrected chi connectivity index (χ3v) is 4.92. The number of ether oxygens (including phenoxy) is 1. The lowest BCUT2D eigenvalue weighted by atomic mass is 10.2. The van der Waals surface area contributed by atoms with Crippen molar-refractivity contribution in [1.29, 1.82) is 0 Å². The monoisotopic (exact) mass is 327 g/mol. The fourth-order valence-electron chi connectivity index (χ4n) is 2.48. The smallest absolute Gasteiger partial charge is 0.143 e. The van der Waals surface area contributed by atoms with Crippen LogP contribution in [0.15, 0.2) is 24.3 Å². The molecule has 0 fully saturated rings. The van der Waals surface area contributed by atoms with Crippen molar-refractivity contribution in [2.24, 2.45) is 0 Å². The zero-order valence-corrected chi connectivity index (χ0v) is 14.8. The lowest BCUT2D eigenvalue weighted by Gasteiger charge is -2.10. The molecule has 0 aliphatic rings. The molecule has 23 heavy (non-hydrogen) atoms. The summed E-state index contributed by atoms with van der Waals surface area (Å²) in [6.07, 6.45) is 0.823. The molecule has 1 aromatic carbocycles. The van der Waals surface area contributed by atoms with Gasteiger partial charge in [0.1, 0.15) is 22.2 Å². The van der Waals surface area contributed by atoms with E-state index in [0.717, 1.165) is 39.7 Å². The zero-order chi connectivity index (χ0) is 16.4. The average molecular weight is 327 g/mol. The lowest BCUT2D eigenvalue weighted by molar-refractivity contribution is 0.340. The van der Waals surface area contributed by atoms with Crippen molar-refractivity contribution in [2.45, 2.75) is 34.1 Å². The van der Waals surface area contributed by atoms with E-state index < -0.39 is 0 Å². The van der Waals surface area contributed by atoms with Crippen LogP contribution in [0.2, 0.25) is 0 Å². The molecule has 0 atom stereocenters. The van der Waals surface area contributed by atoms with E-state index in [1.807, 2.05) is 31.2 Å². The predicted molar refractivity (Wildman–Crippen MR) is 97.2 cm³/mol. The first-order chi connectivity index (χ1) is 11.1. The molecule has 0 saturated carbocycles. The highest BCUT2D eigenvalue weighted by atomic mass is 32.1. The van der Waals surface area contributed by atoms with E-state index in [9.17, 15) is 0 Å². The minimum absolute atomic E-state index is 0.673. The van der Waals surface area contributed by atoms with E-state index in [2.05, 4.69) is 31.1 Å². The Balaban J connectivity index is 2.01. The molecule has 0 amide bonds. The summed E-state index contributed by atoms with van der Waals surface area (Å²) in [5.41, 5.74) is 2.25. The van der Waals surface area contributed by atoms with Gasteiger partial charge in [-0.25, -0.2) is 9.97 Å². The number of nitrogens with one attached hydrogen (secondary N) is 1. The fourth-order valence-corrected chi connectivity index (χ4v) is 3.53. The van der Waals surface area contributed by atoms with E-state index in [-0.39, 0.29) is 0 Å².